The number of nitrogens with two attached hydrogens (primary N) is 1. The van der Waals surface area contributed by atoms with Crippen LogP contribution in [0.1, 0.15) is 37.8 Å². The van der Waals surface area contributed by atoms with Gasteiger partial charge in [0.25, 0.3) is 0 Å². The fourth-order valence-corrected chi connectivity index (χ4v) is 3.17. The van der Waals surface area contributed by atoms with Crippen molar-refractivity contribution in [2.75, 3.05) is 6.54 Å². The lowest BCUT2D eigenvalue weighted by molar-refractivity contribution is -0.124. The summed E-state index contributed by atoms with van der Waals surface area (Å²) in [6, 6.07) is 8.40. The highest BCUT2D eigenvalue weighted by Crippen LogP contribution is 2.26. The Morgan fingerprint density at radius 2 is 1.80 bits per heavy atom. The topological polar surface area (TPSA) is 55.1 Å². The van der Waals surface area contributed by atoms with Gasteiger partial charge >= 0.3 is 0 Å². The van der Waals surface area contributed by atoms with Gasteiger partial charge in [0.2, 0.25) is 5.91 Å². The monoisotopic (exact) mass is 274 g/mol. The molecule has 1 aromatic rings. The largest absolute Gasteiger partial charge is 0.354 e. The van der Waals surface area contributed by atoms with Crippen molar-refractivity contribution in [3.05, 3.63) is 35.4 Å². The highest BCUT2D eigenvalue weighted by molar-refractivity contribution is 5.80. The lowest BCUT2D eigenvalue weighted by atomic mass is 9.94. The van der Waals surface area contributed by atoms with Crippen molar-refractivity contribution in [3.8, 4) is 0 Å². The van der Waals surface area contributed by atoms with E-state index in [-0.39, 0.29) is 17.9 Å². The Labute approximate surface area is 121 Å². The van der Waals surface area contributed by atoms with Crippen LogP contribution in [0.3, 0.4) is 0 Å². The number of rotatable bonds is 6. The summed E-state index contributed by atoms with van der Waals surface area (Å²) >= 11 is 0. The number of amides is 1. The number of carbonyl (C=O) groups is 1. The Morgan fingerprint density at radius 3 is 2.30 bits per heavy atom. The van der Waals surface area contributed by atoms with Gasteiger partial charge in [0.05, 0.1) is 0 Å². The van der Waals surface area contributed by atoms with Gasteiger partial charge in [-0.1, -0.05) is 51.0 Å². The second-order valence-corrected chi connectivity index (χ2v) is 5.86. The minimum atomic E-state index is 0.0673. The molecule has 0 radical (unpaired) electrons. The van der Waals surface area contributed by atoms with Crippen LogP contribution in [0.25, 0.3) is 0 Å². The van der Waals surface area contributed by atoms with Gasteiger partial charge in [0.15, 0.2) is 0 Å². The predicted molar refractivity (Wildman–Crippen MR) is 82.4 cm³/mol. The van der Waals surface area contributed by atoms with E-state index in [1.54, 1.807) is 0 Å². The van der Waals surface area contributed by atoms with Crippen molar-refractivity contribution in [2.45, 2.75) is 45.6 Å². The van der Waals surface area contributed by atoms with Gasteiger partial charge in [-0.15, -0.1) is 0 Å². The lowest BCUT2D eigenvalue weighted by Crippen LogP contribution is -2.43. The highest BCUT2D eigenvalue weighted by atomic mass is 16.1. The average Bonchev–Trinajstić information content (AvgIpc) is 2.90. The molecule has 1 amide bonds. The molecule has 3 nitrogen and oxygen atoms in total. The van der Waals surface area contributed by atoms with Crippen LogP contribution in [0.15, 0.2) is 24.3 Å². The van der Waals surface area contributed by atoms with Gasteiger partial charge in [-0.3, -0.25) is 4.79 Å². The number of nitrogens with one attached hydrogen (secondary N) is 1. The van der Waals surface area contributed by atoms with Crippen molar-refractivity contribution in [1.82, 2.24) is 5.32 Å². The first-order valence-corrected chi connectivity index (χ1v) is 7.75. The van der Waals surface area contributed by atoms with Crippen LogP contribution in [-0.2, 0) is 17.6 Å². The Kier molecular flexibility index (Phi) is 5.18. The zero-order chi connectivity index (χ0) is 14.5. The first-order chi connectivity index (χ1) is 9.65. The first-order valence-electron chi connectivity index (χ1n) is 7.75. The molecule has 1 aromatic carbocycles. The SMILES string of the molecule is CCC(CC)C(N)CNC(=O)C1Cc2ccccc2C1. The van der Waals surface area contributed by atoms with Crippen LogP contribution in [0, 0.1) is 11.8 Å². The van der Waals surface area contributed by atoms with Gasteiger partial charge in [-0.25, -0.2) is 0 Å². The Hall–Kier alpha value is -1.35. The van der Waals surface area contributed by atoms with Gasteiger partial charge < -0.3 is 11.1 Å². The molecule has 2 rings (SSSR count). The number of fused-ring (bicyclic) bond motifs is 1. The summed E-state index contributed by atoms with van der Waals surface area (Å²) in [4.78, 5) is 12.3. The van der Waals surface area contributed by atoms with Gasteiger partial charge in [0, 0.05) is 18.5 Å². The quantitative estimate of drug-likeness (QED) is 0.836. The third-order valence-electron chi connectivity index (χ3n) is 4.59. The van der Waals surface area contributed by atoms with Crippen molar-refractivity contribution < 1.29 is 4.79 Å². The molecule has 0 saturated carbocycles. The van der Waals surface area contributed by atoms with Crippen LogP contribution in [0.2, 0.25) is 0 Å². The molecule has 0 spiro atoms. The summed E-state index contributed by atoms with van der Waals surface area (Å²) in [6.07, 6.45) is 3.87. The summed E-state index contributed by atoms with van der Waals surface area (Å²) < 4.78 is 0. The van der Waals surface area contributed by atoms with Crippen LogP contribution in [0.4, 0.5) is 0 Å². The highest BCUT2D eigenvalue weighted by Gasteiger charge is 2.27. The molecule has 0 aromatic heterocycles. The molecule has 0 bridgehead atoms. The maximum Gasteiger partial charge on any atom is 0.223 e. The van der Waals surface area contributed by atoms with E-state index in [1.165, 1.54) is 11.1 Å². The normalized spacial score (nSPS) is 16.2. The van der Waals surface area contributed by atoms with Gasteiger partial charge in [0.1, 0.15) is 0 Å². The molecule has 1 aliphatic rings. The molecule has 3 N–H and O–H groups in total. The summed E-state index contributed by atoms with van der Waals surface area (Å²) in [7, 11) is 0. The van der Waals surface area contributed by atoms with Gasteiger partial charge in [-0.2, -0.15) is 0 Å². The number of benzene rings is 1. The Morgan fingerprint density at radius 1 is 1.25 bits per heavy atom. The maximum atomic E-state index is 12.3. The molecule has 0 fully saturated rings. The molecule has 1 unspecified atom stereocenters. The Bertz CT molecular complexity index is 429. The summed E-state index contributed by atoms with van der Waals surface area (Å²) in [5, 5.41) is 3.04. The van der Waals surface area contributed by atoms with E-state index in [0.29, 0.717) is 12.5 Å². The van der Waals surface area contributed by atoms with Crippen molar-refractivity contribution >= 4 is 5.91 Å². The first kappa shape index (κ1) is 15.0. The zero-order valence-electron chi connectivity index (χ0n) is 12.6. The molecule has 0 aliphatic heterocycles. The van der Waals surface area contributed by atoms with Gasteiger partial charge in [-0.05, 0) is 29.9 Å². The minimum Gasteiger partial charge on any atom is -0.354 e. The zero-order valence-corrected chi connectivity index (χ0v) is 12.6. The molecular formula is C17H26N2O. The van der Waals surface area contributed by atoms with Crippen LogP contribution < -0.4 is 11.1 Å². The smallest absolute Gasteiger partial charge is 0.223 e. The van der Waals surface area contributed by atoms with Crippen LogP contribution >= 0.6 is 0 Å². The minimum absolute atomic E-state index is 0.0673. The summed E-state index contributed by atoms with van der Waals surface area (Å²) in [5.41, 5.74) is 8.79. The molecular weight excluding hydrogens is 248 g/mol. The third kappa shape index (κ3) is 3.40. The van der Waals surface area contributed by atoms with E-state index in [0.717, 1.165) is 25.7 Å². The third-order valence-corrected chi connectivity index (χ3v) is 4.59. The Balaban J connectivity index is 1.82. The van der Waals surface area contributed by atoms with E-state index in [1.807, 2.05) is 12.1 Å². The maximum absolute atomic E-state index is 12.3. The predicted octanol–water partition coefficient (Wildman–Crippen LogP) is 2.28. The summed E-state index contributed by atoms with van der Waals surface area (Å²) in [5.74, 6) is 0.736. The number of hydrogen-bond acceptors (Lipinski definition) is 2. The molecule has 3 heteroatoms. The van der Waals surface area contributed by atoms with E-state index < -0.39 is 0 Å². The molecule has 1 aliphatic carbocycles. The molecule has 110 valence electrons. The molecule has 20 heavy (non-hydrogen) atoms. The average molecular weight is 274 g/mol. The number of hydrogen-bond donors (Lipinski definition) is 2. The van der Waals surface area contributed by atoms with Crippen molar-refractivity contribution in [2.24, 2.45) is 17.6 Å². The lowest BCUT2D eigenvalue weighted by Gasteiger charge is -2.22. The second-order valence-electron chi connectivity index (χ2n) is 5.86. The van der Waals surface area contributed by atoms with Crippen LogP contribution in [0.5, 0.6) is 0 Å². The standard InChI is InChI=1S/C17H26N2O/c1-3-12(4-2)16(18)11-19-17(20)15-9-13-7-5-6-8-14(13)10-15/h5-8,12,15-16H,3-4,9-11,18H2,1-2H3,(H,19,20). The van der Waals surface area contributed by atoms with Crippen molar-refractivity contribution in [3.63, 3.8) is 0 Å². The van der Waals surface area contributed by atoms with E-state index >= 15 is 0 Å². The molecule has 0 heterocycles. The molecule has 0 saturated heterocycles. The number of carbonyl (C=O) groups excluding carboxylic acids is 1. The van der Waals surface area contributed by atoms with E-state index in [9.17, 15) is 4.79 Å². The van der Waals surface area contributed by atoms with E-state index in [2.05, 4.69) is 31.3 Å². The van der Waals surface area contributed by atoms with Crippen LogP contribution in [-0.4, -0.2) is 18.5 Å². The van der Waals surface area contributed by atoms with E-state index in [4.69, 9.17) is 5.73 Å². The summed E-state index contributed by atoms with van der Waals surface area (Å²) in [6.45, 7) is 4.91. The fourth-order valence-electron chi connectivity index (χ4n) is 3.17. The molecule has 1 atom stereocenters. The van der Waals surface area contributed by atoms with Crippen molar-refractivity contribution in [1.29, 1.82) is 0 Å². The second kappa shape index (κ2) is 6.89. The fraction of sp³-hybridized carbons (Fsp3) is 0.588.